The fraction of sp³-hybridized carbons (Fsp3) is 0. The minimum absolute atomic E-state index is 0.139. The molecule has 1 aromatic carbocycles. The smallest absolute Gasteiger partial charge is 0.257 e. The van der Waals surface area contributed by atoms with Gasteiger partial charge in [-0.1, -0.05) is 41.7 Å². The normalized spacial score (nSPS) is 10.7. The van der Waals surface area contributed by atoms with Gasteiger partial charge in [-0.3, -0.25) is 10.1 Å². The maximum Gasteiger partial charge on any atom is 0.257 e. The summed E-state index contributed by atoms with van der Waals surface area (Å²) in [4.78, 5) is 20.4. The Bertz CT molecular complexity index is 890. The summed E-state index contributed by atoms with van der Waals surface area (Å²) in [6.45, 7) is 0. The van der Waals surface area contributed by atoms with Crippen molar-refractivity contribution in [2.24, 2.45) is 0 Å². The lowest BCUT2D eigenvalue weighted by Crippen LogP contribution is -2.11. The van der Waals surface area contributed by atoms with E-state index in [-0.39, 0.29) is 5.91 Å². The molecule has 0 saturated carbocycles. The summed E-state index contributed by atoms with van der Waals surface area (Å²) in [5, 5.41) is 7.63. The molecule has 24 heavy (non-hydrogen) atoms. The second-order valence-electron chi connectivity index (χ2n) is 4.97. The van der Waals surface area contributed by atoms with E-state index in [1.807, 2.05) is 35.7 Å². The fourth-order valence-electron chi connectivity index (χ4n) is 2.29. The second kappa shape index (κ2) is 6.68. The summed E-state index contributed by atoms with van der Waals surface area (Å²) in [7, 11) is 0. The van der Waals surface area contributed by atoms with Gasteiger partial charge < -0.3 is 0 Å². The fourth-order valence-corrected chi connectivity index (χ4v) is 4.90. The van der Waals surface area contributed by atoms with Crippen LogP contribution in [-0.4, -0.2) is 10.9 Å². The average Bonchev–Trinajstić information content (AvgIpc) is 3.36. The predicted molar refractivity (Wildman–Crippen MR) is 103 cm³/mol. The standard InChI is InChI=1S/C18H12N2OS3/c21-17(12-6-2-1-3-7-12)20-18-19-15(13-8-4-10-22-13)16(24-18)14-9-5-11-23-14/h1-11H,(H,19,20,21). The molecule has 0 aliphatic rings. The Hall–Kier alpha value is -2.28. The minimum atomic E-state index is -0.139. The van der Waals surface area contributed by atoms with E-state index in [9.17, 15) is 4.79 Å². The summed E-state index contributed by atoms with van der Waals surface area (Å²) in [5.74, 6) is -0.139. The molecule has 118 valence electrons. The highest BCUT2D eigenvalue weighted by atomic mass is 32.1. The molecule has 0 spiro atoms. The summed E-state index contributed by atoms with van der Waals surface area (Å²) in [6, 6.07) is 17.4. The van der Waals surface area contributed by atoms with E-state index in [2.05, 4.69) is 27.8 Å². The van der Waals surface area contributed by atoms with Crippen molar-refractivity contribution in [2.75, 3.05) is 5.32 Å². The summed E-state index contributed by atoms with van der Waals surface area (Å²) in [5.41, 5.74) is 1.56. The van der Waals surface area contributed by atoms with Crippen LogP contribution < -0.4 is 5.32 Å². The maximum absolute atomic E-state index is 12.4. The molecule has 1 N–H and O–H groups in total. The van der Waals surface area contributed by atoms with Crippen LogP contribution in [0.3, 0.4) is 0 Å². The van der Waals surface area contributed by atoms with Gasteiger partial charge in [0.25, 0.3) is 5.91 Å². The first-order valence-corrected chi connectivity index (χ1v) is 9.84. The molecule has 4 aromatic rings. The highest BCUT2D eigenvalue weighted by molar-refractivity contribution is 7.24. The zero-order chi connectivity index (χ0) is 16.4. The van der Waals surface area contributed by atoms with Crippen molar-refractivity contribution in [3.8, 4) is 20.3 Å². The van der Waals surface area contributed by atoms with Gasteiger partial charge in [-0.25, -0.2) is 4.98 Å². The monoisotopic (exact) mass is 368 g/mol. The summed E-state index contributed by atoms with van der Waals surface area (Å²) in [6.07, 6.45) is 0. The Morgan fingerprint density at radius 1 is 0.875 bits per heavy atom. The molecule has 0 aliphatic heterocycles. The number of anilines is 1. The molecule has 3 aromatic heterocycles. The Balaban J connectivity index is 1.70. The van der Waals surface area contributed by atoms with E-state index in [1.54, 1.807) is 34.8 Å². The van der Waals surface area contributed by atoms with Crippen LogP contribution in [0.5, 0.6) is 0 Å². The van der Waals surface area contributed by atoms with E-state index < -0.39 is 0 Å². The molecular weight excluding hydrogens is 356 g/mol. The van der Waals surface area contributed by atoms with Gasteiger partial charge in [-0.2, -0.15) is 0 Å². The molecule has 0 unspecified atom stereocenters. The molecule has 4 rings (SSSR count). The van der Waals surface area contributed by atoms with E-state index in [1.165, 1.54) is 11.3 Å². The minimum Gasteiger partial charge on any atom is -0.298 e. The number of amides is 1. The predicted octanol–water partition coefficient (Wildman–Crippen LogP) is 5.85. The van der Waals surface area contributed by atoms with Crippen LogP contribution in [0.2, 0.25) is 0 Å². The van der Waals surface area contributed by atoms with Crippen molar-refractivity contribution in [3.63, 3.8) is 0 Å². The molecule has 3 nitrogen and oxygen atoms in total. The van der Waals surface area contributed by atoms with Crippen LogP contribution in [0.15, 0.2) is 65.4 Å². The highest BCUT2D eigenvalue weighted by Crippen LogP contribution is 2.42. The van der Waals surface area contributed by atoms with Gasteiger partial charge in [0.2, 0.25) is 0 Å². The average molecular weight is 369 g/mol. The van der Waals surface area contributed by atoms with Gasteiger partial charge in [-0.15, -0.1) is 22.7 Å². The quantitative estimate of drug-likeness (QED) is 0.491. The molecule has 0 saturated heterocycles. The van der Waals surface area contributed by atoms with Crippen LogP contribution in [-0.2, 0) is 0 Å². The Labute approximate surface area is 151 Å². The topological polar surface area (TPSA) is 42.0 Å². The van der Waals surface area contributed by atoms with Crippen LogP contribution in [0, 0.1) is 0 Å². The summed E-state index contributed by atoms with van der Waals surface area (Å²) >= 11 is 4.84. The Kier molecular flexibility index (Phi) is 4.25. The van der Waals surface area contributed by atoms with Gasteiger partial charge >= 0.3 is 0 Å². The molecular formula is C18H12N2OS3. The third-order valence-corrected chi connectivity index (χ3v) is 6.28. The second-order valence-corrected chi connectivity index (χ2v) is 7.87. The van der Waals surface area contributed by atoms with Gasteiger partial charge in [0.05, 0.1) is 9.75 Å². The number of carbonyl (C=O) groups is 1. The molecule has 3 heterocycles. The van der Waals surface area contributed by atoms with Crippen molar-refractivity contribution in [1.82, 2.24) is 4.98 Å². The first-order valence-electron chi connectivity index (χ1n) is 7.26. The lowest BCUT2D eigenvalue weighted by Gasteiger charge is -2.00. The molecule has 0 bridgehead atoms. The highest BCUT2D eigenvalue weighted by Gasteiger charge is 2.18. The van der Waals surface area contributed by atoms with Crippen LogP contribution in [0.1, 0.15) is 10.4 Å². The number of nitrogens with zero attached hydrogens (tertiary/aromatic N) is 1. The SMILES string of the molecule is O=C(Nc1nc(-c2cccs2)c(-c2cccs2)s1)c1ccccc1. The van der Waals surface area contributed by atoms with E-state index in [0.717, 1.165) is 20.3 Å². The Morgan fingerprint density at radius 2 is 1.58 bits per heavy atom. The number of benzene rings is 1. The number of rotatable bonds is 4. The molecule has 0 radical (unpaired) electrons. The number of aromatic nitrogens is 1. The number of nitrogens with one attached hydrogen (secondary N) is 1. The third kappa shape index (κ3) is 3.03. The van der Waals surface area contributed by atoms with Gasteiger partial charge in [0.15, 0.2) is 5.13 Å². The number of thiophene rings is 2. The number of hydrogen-bond donors (Lipinski definition) is 1. The van der Waals surface area contributed by atoms with E-state index >= 15 is 0 Å². The molecule has 0 atom stereocenters. The van der Waals surface area contributed by atoms with Crippen LogP contribution in [0.25, 0.3) is 20.3 Å². The zero-order valence-corrected chi connectivity index (χ0v) is 14.9. The lowest BCUT2D eigenvalue weighted by atomic mass is 10.2. The largest absolute Gasteiger partial charge is 0.298 e. The van der Waals surface area contributed by atoms with Crippen molar-refractivity contribution in [3.05, 3.63) is 70.9 Å². The van der Waals surface area contributed by atoms with Crippen LogP contribution >= 0.6 is 34.0 Å². The van der Waals surface area contributed by atoms with E-state index in [4.69, 9.17) is 0 Å². The molecule has 6 heteroatoms. The summed E-state index contributed by atoms with van der Waals surface area (Å²) < 4.78 is 0. The van der Waals surface area contributed by atoms with Gasteiger partial charge in [0, 0.05) is 10.4 Å². The van der Waals surface area contributed by atoms with Crippen molar-refractivity contribution < 1.29 is 4.79 Å². The third-order valence-electron chi connectivity index (χ3n) is 3.38. The molecule has 0 fully saturated rings. The number of carbonyl (C=O) groups excluding carboxylic acids is 1. The van der Waals surface area contributed by atoms with Crippen molar-refractivity contribution >= 4 is 45.0 Å². The van der Waals surface area contributed by atoms with Gasteiger partial charge in [-0.05, 0) is 35.0 Å². The lowest BCUT2D eigenvalue weighted by molar-refractivity contribution is 0.102. The first kappa shape index (κ1) is 15.3. The number of thiazole rings is 1. The molecule has 0 aliphatic carbocycles. The van der Waals surface area contributed by atoms with Crippen LogP contribution in [0.4, 0.5) is 5.13 Å². The zero-order valence-electron chi connectivity index (χ0n) is 12.4. The maximum atomic E-state index is 12.4. The molecule has 1 amide bonds. The Morgan fingerprint density at radius 3 is 2.25 bits per heavy atom. The van der Waals surface area contributed by atoms with E-state index in [0.29, 0.717) is 10.7 Å². The first-order chi connectivity index (χ1) is 11.8. The van der Waals surface area contributed by atoms with Crippen molar-refractivity contribution in [1.29, 1.82) is 0 Å². The van der Waals surface area contributed by atoms with Crippen molar-refractivity contribution in [2.45, 2.75) is 0 Å². The van der Waals surface area contributed by atoms with Gasteiger partial charge in [0.1, 0.15) is 5.69 Å². The number of hydrogen-bond acceptors (Lipinski definition) is 5.